The van der Waals surface area contributed by atoms with E-state index in [4.69, 9.17) is 5.11 Å². The van der Waals surface area contributed by atoms with Crippen molar-refractivity contribution in [1.29, 1.82) is 0 Å². The number of phenols is 1. The number of hydrogen-bond donors (Lipinski definition) is 2. The summed E-state index contributed by atoms with van der Waals surface area (Å²) in [5, 5.41) is 20.2. The number of rotatable bonds is 3. The third-order valence-corrected chi connectivity index (χ3v) is 3.22. The maximum atomic E-state index is 10.7. The molecule has 1 aromatic carbocycles. The van der Waals surface area contributed by atoms with Crippen LogP contribution in [0.2, 0.25) is 0 Å². The van der Waals surface area contributed by atoms with E-state index in [1.807, 2.05) is 12.1 Å². The van der Waals surface area contributed by atoms with Crippen LogP contribution in [0.5, 0.6) is 5.75 Å². The smallest absolute Gasteiger partial charge is 0.345 e. The molecule has 0 saturated carbocycles. The molecule has 0 fully saturated rings. The van der Waals surface area contributed by atoms with Gasteiger partial charge in [0.15, 0.2) is 0 Å². The molecule has 0 spiro atoms. The van der Waals surface area contributed by atoms with Crippen molar-refractivity contribution >= 4 is 17.3 Å². The molecule has 2 N–H and O–H groups in total. The van der Waals surface area contributed by atoms with Crippen LogP contribution in [0.1, 0.15) is 20.8 Å². The maximum absolute atomic E-state index is 10.7. The van der Waals surface area contributed by atoms with Gasteiger partial charge in [-0.25, -0.2) is 4.79 Å². The molecule has 0 saturated heterocycles. The number of carbonyl (C=O) groups is 1. The lowest BCUT2D eigenvalue weighted by Gasteiger charge is -2.01. The number of para-hydroxylation sites is 1. The van der Waals surface area contributed by atoms with Crippen molar-refractivity contribution in [3.8, 4) is 5.75 Å². The first-order valence-electron chi connectivity index (χ1n) is 4.74. The molecule has 3 nitrogen and oxygen atoms in total. The van der Waals surface area contributed by atoms with E-state index >= 15 is 0 Å². The average molecular weight is 234 g/mol. The van der Waals surface area contributed by atoms with Crippen LogP contribution in [0.4, 0.5) is 0 Å². The highest BCUT2D eigenvalue weighted by Crippen LogP contribution is 2.22. The van der Waals surface area contributed by atoms with Gasteiger partial charge in [-0.2, -0.15) is 0 Å². The Morgan fingerprint density at radius 2 is 2.06 bits per heavy atom. The maximum Gasteiger partial charge on any atom is 0.345 e. The third-order valence-electron chi connectivity index (χ3n) is 2.25. The molecule has 0 aliphatic heterocycles. The summed E-state index contributed by atoms with van der Waals surface area (Å²) >= 11 is 1.20. The topological polar surface area (TPSA) is 57.5 Å². The Labute approximate surface area is 96.6 Å². The zero-order chi connectivity index (χ0) is 11.5. The Morgan fingerprint density at radius 3 is 2.69 bits per heavy atom. The molecule has 0 aliphatic carbocycles. The van der Waals surface area contributed by atoms with Crippen LogP contribution in [0.3, 0.4) is 0 Å². The Hall–Kier alpha value is -1.81. The summed E-state index contributed by atoms with van der Waals surface area (Å²) < 4.78 is 0. The molecular formula is C12H10O3S. The van der Waals surface area contributed by atoms with Crippen LogP contribution < -0.4 is 0 Å². The minimum atomic E-state index is -0.909. The third kappa shape index (κ3) is 2.23. The minimum Gasteiger partial charge on any atom is -0.508 e. The fraction of sp³-hybridized carbons (Fsp3) is 0.0833. The van der Waals surface area contributed by atoms with Gasteiger partial charge in [0.1, 0.15) is 10.6 Å². The first-order valence-corrected chi connectivity index (χ1v) is 5.62. The van der Waals surface area contributed by atoms with Gasteiger partial charge in [-0.15, -0.1) is 11.3 Å². The molecule has 0 atom stereocenters. The highest BCUT2D eigenvalue weighted by Gasteiger charge is 2.08. The summed E-state index contributed by atoms with van der Waals surface area (Å²) in [6, 6.07) is 8.70. The second-order valence-electron chi connectivity index (χ2n) is 3.43. The van der Waals surface area contributed by atoms with Crippen molar-refractivity contribution in [3.63, 3.8) is 0 Å². The van der Waals surface area contributed by atoms with Crippen molar-refractivity contribution < 1.29 is 15.0 Å². The monoisotopic (exact) mass is 234 g/mol. The predicted octanol–water partition coefficient (Wildman–Crippen LogP) is 2.74. The fourth-order valence-corrected chi connectivity index (χ4v) is 2.21. The molecule has 4 heteroatoms. The quantitative estimate of drug-likeness (QED) is 0.858. The van der Waals surface area contributed by atoms with Gasteiger partial charge < -0.3 is 10.2 Å². The van der Waals surface area contributed by atoms with Crippen molar-refractivity contribution in [2.75, 3.05) is 0 Å². The van der Waals surface area contributed by atoms with E-state index < -0.39 is 5.97 Å². The SMILES string of the molecule is O=C(O)c1cc(Cc2ccccc2O)cs1. The van der Waals surface area contributed by atoms with Crippen molar-refractivity contribution in [2.45, 2.75) is 6.42 Å². The number of phenolic OH excluding ortho intramolecular Hbond substituents is 1. The zero-order valence-electron chi connectivity index (χ0n) is 8.38. The van der Waals surface area contributed by atoms with Gasteiger partial charge in [0.2, 0.25) is 0 Å². The van der Waals surface area contributed by atoms with Gasteiger partial charge in [0, 0.05) is 6.42 Å². The first kappa shape index (κ1) is 10.7. The molecular weight excluding hydrogens is 224 g/mol. The number of hydrogen-bond acceptors (Lipinski definition) is 3. The van der Waals surface area contributed by atoms with Crippen molar-refractivity contribution in [2.24, 2.45) is 0 Å². The fourth-order valence-electron chi connectivity index (χ4n) is 1.46. The predicted molar refractivity (Wildman–Crippen MR) is 62.2 cm³/mol. The lowest BCUT2D eigenvalue weighted by molar-refractivity contribution is 0.0702. The number of aromatic carboxylic acids is 1. The van der Waals surface area contributed by atoms with Crippen LogP contribution in [0.15, 0.2) is 35.7 Å². The van der Waals surface area contributed by atoms with Crippen LogP contribution >= 0.6 is 11.3 Å². The summed E-state index contributed by atoms with van der Waals surface area (Å²) in [5.41, 5.74) is 1.71. The van der Waals surface area contributed by atoms with Crippen molar-refractivity contribution in [1.82, 2.24) is 0 Å². The van der Waals surface area contributed by atoms with Crippen LogP contribution in [0, 0.1) is 0 Å². The van der Waals surface area contributed by atoms with Gasteiger partial charge in [0.25, 0.3) is 0 Å². The standard InChI is InChI=1S/C12H10O3S/c13-10-4-2-1-3-9(10)5-8-6-11(12(14)15)16-7-8/h1-4,6-7,13H,5H2,(H,14,15). The van der Waals surface area contributed by atoms with E-state index in [2.05, 4.69) is 0 Å². The molecule has 2 aromatic rings. The molecule has 1 aromatic heterocycles. The highest BCUT2D eigenvalue weighted by atomic mass is 32.1. The molecule has 0 amide bonds. The molecule has 0 radical (unpaired) electrons. The largest absolute Gasteiger partial charge is 0.508 e. The number of aromatic hydroxyl groups is 1. The molecule has 0 bridgehead atoms. The van der Waals surface area contributed by atoms with E-state index in [0.29, 0.717) is 11.3 Å². The number of carboxylic acid groups (broad SMARTS) is 1. The second kappa shape index (κ2) is 4.37. The van der Waals surface area contributed by atoms with Gasteiger partial charge in [0.05, 0.1) is 0 Å². The number of carboxylic acids is 1. The minimum absolute atomic E-state index is 0.241. The van der Waals surface area contributed by atoms with E-state index in [-0.39, 0.29) is 5.75 Å². The average Bonchev–Trinajstić information content (AvgIpc) is 2.70. The van der Waals surface area contributed by atoms with Crippen LogP contribution in [-0.4, -0.2) is 16.2 Å². The summed E-state index contributed by atoms with van der Waals surface area (Å²) in [6.45, 7) is 0. The van der Waals surface area contributed by atoms with Crippen LogP contribution in [0.25, 0.3) is 0 Å². The highest BCUT2D eigenvalue weighted by molar-refractivity contribution is 7.12. The molecule has 0 aliphatic rings. The van der Waals surface area contributed by atoms with Gasteiger partial charge in [-0.3, -0.25) is 0 Å². The molecule has 1 heterocycles. The van der Waals surface area contributed by atoms with Crippen molar-refractivity contribution in [3.05, 3.63) is 51.7 Å². The molecule has 2 rings (SSSR count). The summed E-state index contributed by atoms with van der Waals surface area (Å²) in [5.74, 6) is -0.667. The molecule has 16 heavy (non-hydrogen) atoms. The van der Waals surface area contributed by atoms with E-state index in [1.165, 1.54) is 11.3 Å². The van der Waals surface area contributed by atoms with Gasteiger partial charge in [-0.1, -0.05) is 18.2 Å². The van der Waals surface area contributed by atoms with Gasteiger partial charge >= 0.3 is 5.97 Å². The summed E-state index contributed by atoms with van der Waals surface area (Å²) in [7, 11) is 0. The van der Waals surface area contributed by atoms with Gasteiger partial charge in [-0.05, 0) is 28.6 Å². The lowest BCUT2D eigenvalue weighted by Crippen LogP contribution is -1.91. The second-order valence-corrected chi connectivity index (χ2v) is 4.34. The first-order chi connectivity index (χ1) is 7.66. The summed E-state index contributed by atoms with van der Waals surface area (Å²) in [4.78, 5) is 11.0. The molecule has 0 unspecified atom stereocenters. The Kier molecular flexibility index (Phi) is 2.92. The summed E-state index contributed by atoms with van der Waals surface area (Å²) in [6.07, 6.45) is 0.552. The number of benzene rings is 1. The van der Waals surface area contributed by atoms with E-state index in [9.17, 15) is 9.90 Å². The zero-order valence-corrected chi connectivity index (χ0v) is 9.20. The Bertz CT molecular complexity index is 516. The van der Waals surface area contributed by atoms with Crippen LogP contribution in [-0.2, 0) is 6.42 Å². The van der Waals surface area contributed by atoms with E-state index in [1.54, 1.807) is 23.6 Å². The van der Waals surface area contributed by atoms with E-state index in [0.717, 1.165) is 11.1 Å². The Morgan fingerprint density at radius 1 is 1.31 bits per heavy atom. The normalized spacial score (nSPS) is 10.2. The molecule has 82 valence electrons. The Balaban J connectivity index is 2.21. The number of thiophene rings is 1. The lowest BCUT2D eigenvalue weighted by atomic mass is 10.1.